The van der Waals surface area contributed by atoms with Crippen LogP contribution in [0.15, 0.2) is 4.99 Å². The smallest absolute Gasteiger partial charge is 0.227 e. The van der Waals surface area contributed by atoms with E-state index in [2.05, 4.69) is 39.3 Å². The Morgan fingerprint density at radius 3 is 2.38 bits per heavy atom. The van der Waals surface area contributed by atoms with Crippen molar-refractivity contribution in [2.24, 2.45) is 10.4 Å². The van der Waals surface area contributed by atoms with Crippen LogP contribution in [-0.2, 0) is 4.79 Å². The molecule has 0 saturated carbocycles. The maximum Gasteiger partial charge on any atom is 0.227 e. The summed E-state index contributed by atoms with van der Waals surface area (Å²) < 4.78 is 0. The summed E-state index contributed by atoms with van der Waals surface area (Å²) in [5.74, 6) is 0.974. The molecule has 1 heterocycles. The fourth-order valence-corrected chi connectivity index (χ4v) is 3.08. The van der Waals surface area contributed by atoms with Gasteiger partial charge in [0.25, 0.3) is 0 Å². The SMILES string of the molecule is CCNC(=O)C(C)(C)CNC(=NC)N1CCC(N(CC)CC)C1.I. The highest BCUT2D eigenvalue weighted by molar-refractivity contribution is 14.0. The molecule has 0 aromatic heterocycles. The summed E-state index contributed by atoms with van der Waals surface area (Å²) in [7, 11) is 1.81. The molecular weight excluding hydrogens is 417 g/mol. The molecule has 0 aromatic carbocycles. The van der Waals surface area contributed by atoms with Crippen molar-refractivity contribution in [1.29, 1.82) is 0 Å². The summed E-state index contributed by atoms with van der Waals surface area (Å²) >= 11 is 0. The predicted molar refractivity (Wildman–Crippen MR) is 112 cm³/mol. The van der Waals surface area contributed by atoms with Crippen molar-refractivity contribution in [2.75, 3.05) is 46.3 Å². The second-order valence-corrected chi connectivity index (χ2v) is 6.75. The van der Waals surface area contributed by atoms with Gasteiger partial charge in [0.2, 0.25) is 5.91 Å². The van der Waals surface area contributed by atoms with Gasteiger partial charge >= 0.3 is 0 Å². The average molecular weight is 453 g/mol. The number of nitrogens with zero attached hydrogens (tertiary/aromatic N) is 3. The van der Waals surface area contributed by atoms with Crippen molar-refractivity contribution in [3.63, 3.8) is 0 Å². The van der Waals surface area contributed by atoms with Gasteiger partial charge in [-0.15, -0.1) is 24.0 Å². The van der Waals surface area contributed by atoms with Gasteiger partial charge in [-0.25, -0.2) is 0 Å². The van der Waals surface area contributed by atoms with Crippen LogP contribution >= 0.6 is 24.0 Å². The van der Waals surface area contributed by atoms with E-state index in [1.807, 2.05) is 27.8 Å². The number of nitrogens with one attached hydrogen (secondary N) is 2. The Balaban J connectivity index is 0.00000529. The first-order valence-corrected chi connectivity index (χ1v) is 8.87. The first-order valence-electron chi connectivity index (χ1n) is 8.87. The third kappa shape index (κ3) is 6.38. The molecule has 142 valence electrons. The van der Waals surface area contributed by atoms with E-state index in [1.54, 1.807) is 0 Å². The van der Waals surface area contributed by atoms with E-state index in [9.17, 15) is 4.79 Å². The summed E-state index contributed by atoms with van der Waals surface area (Å²) in [6, 6.07) is 0.597. The zero-order chi connectivity index (χ0) is 17.5. The summed E-state index contributed by atoms with van der Waals surface area (Å²) in [5.41, 5.74) is -0.454. The molecule has 0 spiro atoms. The number of aliphatic imine (C=N–C) groups is 1. The van der Waals surface area contributed by atoms with Crippen LogP contribution in [0.2, 0.25) is 0 Å². The fraction of sp³-hybridized carbons (Fsp3) is 0.882. The van der Waals surface area contributed by atoms with Crippen LogP contribution in [0.3, 0.4) is 0 Å². The second-order valence-electron chi connectivity index (χ2n) is 6.75. The van der Waals surface area contributed by atoms with Crippen molar-refractivity contribution in [3.05, 3.63) is 0 Å². The monoisotopic (exact) mass is 453 g/mol. The van der Waals surface area contributed by atoms with E-state index in [-0.39, 0.29) is 29.9 Å². The van der Waals surface area contributed by atoms with Gasteiger partial charge in [0, 0.05) is 39.3 Å². The Morgan fingerprint density at radius 2 is 1.88 bits per heavy atom. The molecule has 0 aliphatic carbocycles. The van der Waals surface area contributed by atoms with Gasteiger partial charge in [-0.2, -0.15) is 0 Å². The van der Waals surface area contributed by atoms with Crippen LogP contribution in [0, 0.1) is 5.41 Å². The second kappa shape index (κ2) is 11.1. The van der Waals surface area contributed by atoms with Crippen LogP contribution in [0.5, 0.6) is 0 Å². The number of likely N-dealkylation sites (N-methyl/N-ethyl adjacent to an activating group) is 1. The highest BCUT2D eigenvalue weighted by atomic mass is 127. The zero-order valence-electron chi connectivity index (χ0n) is 16.2. The third-order valence-electron chi connectivity index (χ3n) is 4.64. The Bertz CT molecular complexity index is 410. The molecule has 2 N–H and O–H groups in total. The van der Waals surface area contributed by atoms with E-state index < -0.39 is 5.41 Å². The van der Waals surface area contributed by atoms with Gasteiger partial charge in [0.1, 0.15) is 0 Å². The first-order chi connectivity index (χ1) is 10.9. The van der Waals surface area contributed by atoms with E-state index >= 15 is 0 Å². The minimum absolute atomic E-state index is 0. The van der Waals surface area contributed by atoms with Gasteiger partial charge in [-0.1, -0.05) is 13.8 Å². The lowest BCUT2D eigenvalue weighted by atomic mass is 9.92. The van der Waals surface area contributed by atoms with Crippen molar-refractivity contribution < 1.29 is 4.79 Å². The topological polar surface area (TPSA) is 60.0 Å². The van der Waals surface area contributed by atoms with E-state index in [0.717, 1.165) is 32.1 Å². The van der Waals surface area contributed by atoms with Gasteiger partial charge in [0.15, 0.2) is 5.96 Å². The number of amides is 1. The van der Waals surface area contributed by atoms with Gasteiger partial charge in [-0.05, 0) is 40.3 Å². The number of halogens is 1. The molecule has 1 unspecified atom stereocenters. The number of hydrogen-bond acceptors (Lipinski definition) is 3. The van der Waals surface area contributed by atoms with E-state index in [0.29, 0.717) is 19.1 Å². The normalized spacial score (nSPS) is 18.5. The minimum atomic E-state index is -0.454. The molecule has 7 heteroatoms. The van der Waals surface area contributed by atoms with Crippen LogP contribution in [0.4, 0.5) is 0 Å². The molecule has 1 atom stereocenters. The maximum atomic E-state index is 12.1. The van der Waals surface area contributed by atoms with Crippen molar-refractivity contribution in [3.8, 4) is 0 Å². The highest BCUT2D eigenvalue weighted by Gasteiger charge is 2.31. The van der Waals surface area contributed by atoms with Gasteiger partial charge < -0.3 is 15.5 Å². The quantitative estimate of drug-likeness (QED) is 0.351. The molecule has 24 heavy (non-hydrogen) atoms. The first kappa shape index (κ1) is 23.4. The van der Waals surface area contributed by atoms with Crippen LogP contribution in [-0.4, -0.2) is 74.0 Å². The number of hydrogen-bond donors (Lipinski definition) is 2. The summed E-state index contributed by atoms with van der Waals surface area (Å²) in [6.07, 6.45) is 1.17. The molecule has 0 aromatic rings. The molecule has 1 saturated heterocycles. The number of carbonyl (C=O) groups is 1. The van der Waals surface area contributed by atoms with Crippen LogP contribution in [0.1, 0.15) is 41.0 Å². The number of guanidine groups is 1. The van der Waals surface area contributed by atoms with Crippen LogP contribution < -0.4 is 10.6 Å². The minimum Gasteiger partial charge on any atom is -0.356 e. The summed E-state index contributed by atoms with van der Waals surface area (Å²) in [5, 5.41) is 6.28. The number of rotatable bonds is 7. The molecule has 0 bridgehead atoms. The van der Waals surface area contributed by atoms with E-state index in [1.165, 1.54) is 6.42 Å². The zero-order valence-corrected chi connectivity index (χ0v) is 18.5. The molecule has 0 radical (unpaired) electrons. The average Bonchev–Trinajstić information content (AvgIpc) is 2.99. The van der Waals surface area contributed by atoms with Crippen molar-refractivity contribution in [2.45, 2.75) is 47.1 Å². The fourth-order valence-electron chi connectivity index (χ4n) is 3.08. The lowest BCUT2D eigenvalue weighted by Gasteiger charge is -2.29. The number of carbonyl (C=O) groups excluding carboxylic acids is 1. The highest BCUT2D eigenvalue weighted by Crippen LogP contribution is 2.17. The third-order valence-corrected chi connectivity index (χ3v) is 4.64. The molecule has 1 rings (SSSR count). The molecule has 1 fully saturated rings. The summed E-state index contributed by atoms with van der Waals surface area (Å²) in [6.45, 7) is 15.7. The molecule has 1 amide bonds. The lowest BCUT2D eigenvalue weighted by molar-refractivity contribution is -0.128. The predicted octanol–water partition coefficient (Wildman–Crippen LogP) is 1.76. The maximum absolute atomic E-state index is 12.1. The van der Waals surface area contributed by atoms with E-state index in [4.69, 9.17) is 0 Å². The molecule has 6 nitrogen and oxygen atoms in total. The lowest BCUT2D eigenvalue weighted by Crippen LogP contribution is -2.49. The summed E-state index contributed by atoms with van der Waals surface area (Å²) in [4.78, 5) is 21.3. The standard InChI is InChI=1S/C17H35N5O.HI/c1-7-19-15(23)17(4,5)13-20-16(18-6)22-11-10-14(12-22)21(8-2)9-3;/h14H,7-13H2,1-6H3,(H,18,20)(H,19,23);1H. The largest absolute Gasteiger partial charge is 0.356 e. The molecular formula is C17H36IN5O. The number of likely N-dealkylation sites (tertiary alicyclic amines) is 1. The van der Waals surface area contributed by atoms with Gasteiger partial charge in [0.05, 0.1) is 5.41 Å². The Kier molecular flexibility index (Phi) is 10.9. The van der Waals surface area contributed by atoms with Crippen LogP contribution in [0.25, 0.3) is 0 Å². The molecule has 1 aliphatic rings. The van der Waals surface area contributed by atoms with Crippen molar-refractivity contribution in [1.82, 2.24) is 20.4 Å². The Hall–Kier alpha value is -0.570. The van der Waals surface area contributed by atoms with Gasteiger partial charge in [-0.3, -0.25) is 14.7 Å². The van der Waals surface area contributed by atoms with Crippen molar-refractivity contribution >= 4 is 35.8 Å². The molecule has 1 aliphatic heterocycles. The Morgan fingerprint density at radius 1 is 1.25 bits per heavy atom. The Labute approximate surface area is 164 Å².